The first-order valence-electron chi connectivity index (χ1n) is 8.50. The van der Waals surface area contributed by atoms with Crippen LogP contribution in [0.4, 0.5) is 4.39 Å². The van der Waals surface area contributed by atoms with Crippen molar-refractivity contribution in [3.05, 3.63) is 65.0 Å². The summed E-state index contributed by atoms with van der Waals surface area (Å²) in [5, 5.41) is 0. The number of hydrogen-bond acceptors (Lipinski definition) is 0. The fraction of sp³-hybridized carbons (Fsp3) is 0.300. The lowest BCUT2D eigenvalue weighted by atomic mass is 9.70. The minimum Gasteiger partial charge on any atom is -0.206 e. The lowest BCUT2D eigenvalue weighted by Crippen LogP contribution is -2.09. The second kappa shape index (κ2) is 7.09. The molecule has 0 amide bonds. The second-order valence-electron chi connectivity index (χ2n) is 6.81. The van der Waals surface area contributed by atoms with E-state index in [-0.39, 0.29) is 5.82 Å². The van der Waals surface area contributed by atoms with Crippen molar-refractivity contribution in [2.24, 2.45) is 0 Å². The van der Waals surface area contributed by atoms with E-state index in [4.69, 9.17) is 0 Å². The molecule has 0 atom stereocenters. The van der Waals surface area contributed by atoms with Crippen molar-refractivity contribution in [3.8, 4) is 11.8 Å². The SMILES string of the molecule is Bc1ccc(C#Cc2ccc(C3CCC(B)CC3)cc2)c(F)c1. The van der Waals surface area contributed by atoms with Gasteiger partial charge in [-0.2, -0.15) is 0 Å². The van der Waals surface area contributed by atoms with Crippen molar-refractivity contribution in [1.29, 1.82) is 0 Å². The smallest absolute Gasteiger partial charge is 0.139 e. The van der Waals surface area contributed by atoms with Gasteiger partial charge in [0.25, 0.3) is 0 Å². The van der Waals surface area contributed by atoms with Crippen LogP contribution in [0.2, 0.25) is 5.82 Å². The minimum atomic E-state index is -0.245. The van der Waals surface area contributed by atoms with Gasteiger partial charge in [-0.1, -0.05) is 54.2 Å². The van der Waals surface area contributed by atoms with Crippen LogP contribution >= 0.6 is 0 Å². The largest absolute Gasteiger partial charge is 0.206 e. The van der Waals surface area contributed by atoms with E-state index in [1.54, 1.807) is 6.07 Å². The summed E-state index contributed by atoms with van der Waals surface area (Å²) in [7, 11) is 4.23. The summed E-state index contributed by atoms with van der Waals surface area (Å²) in [6, 6.07) is 13.7. The highest BCUT2D eigenvalue weighted by Gasteiger charge is 2.19. The molecule has 3 heteroatoms. The highest BCUT2D eigenvalue weighted by atomic mass is 19.1. The summed E-state index contributed by atoms with van der Waals surface area (Å²) in [6.07, 6.45) is 5.25. The number of halogens is 1. The molecule has 0 aliphatic heterocycles. The number of benzene rings is 2. The van der Waals surface area contributed by atoms with Gasteiger partial charge in [0.1, 0.15) is 21.5 Å². The summed E-state index contributed by atoms with van der Waals surface area (Å²) in [5.74, 6) is 7.33. The van der Waals surface area contributed by atoms with E-state index >= 15 is 0 Å². The lowest BCUT2D eigenvalue weighted by Gasteiger charge is -2.26. The summed E-state index contributed by atoms with van der Waals surface area (Å²) >= 11 is 0. The molecule has 1 aliphatic carbocycles. The number of rotatable bonds is 1. The van der Waals surface area contributed by atoms with E-state index in [1.165, 1.54) is 37.3 Å². The molecule has 2 aromatic rings. The highest BCUT2D eigenvalue weighted by molar-refractivity contribution is 6.32. The lowest BCUT2D eigenvalue weighted by molar-refractivity contribution is 0.444. The Bertz CT molecular complexity index is 732. The van der Waals surface area contributed by atoms with Crippen molar-refractivity contribution in [3.63, 3.8) is 0 Å². The molecule has 2 aromatic carbocycles. The summed E-state index contributed by atoms with van der Waals surface area (Å²) < 4.78 is 13.8. The molecule has 0 unspecified atom stereocenters. The van der Waals surface area contributed by atoms with Gasteiger partial charge in [-0.15, -0.1) is 0 Å². The molecule has 0 bridgehead atoms. The van der Waals surface area contributed by atoms with Gasteiger partial charge in [-0.05, 0) is 48.6 Å². The first kappa shape index (κ1) is 15.9. The van der Waals surface area contributed by atoms with Gasteiger partial charge >= 0.3 is 0 Å². The first-order chi connectivity index (χ1) is 11.1. The summed E-state index contributed by atoms with van der Waals surface area (Å²) in [4.78, 5) is 0. The third-order valence-electron chi connectivity index (χ3n) is 4.86. The molecule has 0 radical (unpaired) electrons. The summed E-state index contributed by atoms with van der Waals surface area (Å²) in [5.41, 5.74) is 3.74. The monoisotopic (exact) mass is 302 g/mol. The van der Waals surface area contributed by atoms with Gasteiger partial charge in [0, 0.05) is 5.56 Å². The second-order valence-corrected chi connectivity index (χ2v) is 6.81. The molecule has 0 nitrogen and oxygen atoms in total. The predicted octanol–water partition coefficient (Wildman–Crippen LogP) is 2.56. The standard InChI is InChI=1S/C20H21B2F/c21-18-10-7-16(8-11-18)15-4-1-14(2-5-15)3-6-17-9-12-19(22)13-20(17)23/h1-2,4-5,9,12-13,16,18H,7-8,10-11,21-22H2. The maximum Gasteiger partial charge on any atom is 0.139 e. The van der Waals surface area contributed by atoms with Crippen molar-refractivity contribution in [2.45, 2.75) is 37.4 Å². The summed E-state index contributed by atoms with van der Waals surface area (Å²) in [6.45, 7) is 0. The molecule has 23 heavy (non-hydrogen) atoms. The molecule has 0 N–H and O–H groups in total. The van der Waals surface area contributed by atoms with Gasteiger partial charge in [0.2, 0.25) is 0 Å². The van der Waals surface area contributed by atoms with Gasteiger partial charge in [0.15, 0.2) is 0 Å². The van der Waals surface area contributed by atoms with Crippen LogP contribution in [0.1, 0.15) is 48.3 Å². The predicted molar refractivity (Wildman–Crippen MR) is 101 cm³/mol. The molecular weight excluding hydrogens is 281 g/mol. The van der Waals surface area contributed by atoms with E-state index in [2.05, 4.69) is 44.0 Å². The van der Waals surface area contributed by atoms with Crippen molar-refractivity contribution < 1.29 is 4.39 Å². The molecule has 0 aromatic heterocycles. The van der Waals surface area contributed by atoms with Crippen LogP contribution < -0.4 is 5.46 Å². The quantitative estimate of drug-likeness (QED) is 0.561. The van der Waals surface area contributed by atoms with Crippen LogP contribution in [-0.4, -0.2) is 15.7 Å². The molecule has 1 aliphatic rings. The van der Waals surface area contributed by atoms with E-state index in [0.29, 0.717) is 11.5 Å². The fourth-order valence-corrected chi connectivity index (χ4v) is 3.29. The molecular formula is C20H21B2F. The molecule has 1 fully saturated rings. The third-order valence-corrected chi connectivity index (χ3v) is 4.86. The zero-order chi connectivity index (χ0) is 16.2. The van der Waals surface area contributed by atoms with E-state index < -0.39 is 0 Å². The zero-order valence-corrected chi connectivity index (χ0v) is 13.9. The molecule has 0 spiro atoms. The Morgan fingerprint density at radius 2 is 1.61 bits per heavy atom. The van der Waals surface area contributed by atoms with Crippen LogP contribution in [-0.2, 0) is 0 Å². The third kappa shape index (κ3) is 4.08. The average Bonchev–Trinajstić information content (AvgIpc) is 2.55. The molecule has 3 rings (SSSR count). The highest BCUT2D eigenvalue weighted by Crippen LogP contribution is 2.36. The molecule has 0 saturated heterocycles. The normalized spacial score (nSPS) is 20.6. The van der Waals surface area contributed by atoms with Gasteiger partial charge in [-0.25, -0.2) is 4.39 Å². The van der Waals surface area contributed by atoms with Crippen molar-refractivity contribution in [1.82, 2.24) is 0 Å². The maximum absolute atomic E-state index is 13.8. The van der Waals surface area contributed by atoms with E-state index in [0.717, 1.165) is 16.8 Å². The topological polar surface area (TPSA) is 0 Å². The Morgan fingerprint density at radius 3 is 2.26 bits per heavy atom. The van der Waals surface area contributed by atoms with Crippen LogP contribution in [0, 0.1) is 17.7 Å². The molecule has 114 valence electrons. The van der Waals surface area contributed by atoms with Gasteiger partial charge in [0.05, 0.1) is 5.56 Å². The van der Waals surface area contributed by atoms with Gasteiger partial charge in [-0.3, -0.25) is 0 Å². The number of hydrogen-bond donors (Lipinski definition) is 0. The fourth-order valence-electron chi connectivity index (χ4n) is 3.29. The Labute approximate surface area is 140 Å². The van der Waals surface area contributed by atoms with Gasteiger partial charge < -0.3 is 0 Å². The van der Waals surface area contributed by atoms with Crippen LogP contribution in [0.3, 0.4) is 0 Å². The van der Waals surface area contributed by atoms with E-state index in [1.807, 2.05) is 13.9 Å². The van der Waals surface area contributed by atoms with Crippen LogP contribution in [0.25, 0.3) is 0 Å². The van der Waals surface area contributed by atoms with E-state index in [9.17, 15) is 4.39 Å². The van der Waals surface area contributed by atoms with Crippen molar-refractivity contribution in [2.75, 3.05) is 0 Å². The van der Waals surface area contributed by atoms with Crippen LogP contribution in [0.5, 0.6) is 0 Å². The Balaban J connectivity index is 1.72. The Kier molecular flexibility index (Phi) is 4.91. The van der Waals surface area contributed by atoms with Crippen LogP contribution in [0.15, 0.2) is 42.5 Å². The Morgan fingerprint density at radius 1 is 0.913 bits per heavy atom. The first-order valence-corrected chi connectivity index (χ1v) is 8.50. The zero-order valence-electron chi connectivity index (χ0n) is 13.9. The van der Waals surface area contributed by atoms with Crippen molar-refractivity contribution >= 4 is 21.2 Å². The average molecular weight is 302 g/mol. The minimum absolute atomic E-state index is 0.245. The molecule has 1 saturated carbocycles. The maximum atomic E-state index is 13.8. The Hall–Kier alpha value is -1.94. The molecule has 0 heterocycles.